The number of aromatic hydroxyl groups is 1. The summed E-state index contributed by atoms with van der Waals surface area (Å²) in [4.78, 5) is 4.57. The maximum atomic E-state index is 9.52. The van der Waals surface area contributed by atoms with Crippen LogP contribution in [0.2, 0.25) is 0 Å². The van der Waals surface area contributed by atoms with Crippen LogP contribution >= 0.6 is 0 Å². The second-order valence-corrected chi connectivity index (χ2v) is 6.10. The number of aryl methyl sites for hydroxylation is 1. The predicted molar refractivity (Wildman–Crippen MR) is 107 cm³/mol. The molecule has 0 bridgehead atoms. The van der Waals surface area contributed by atoms with Gasteiger partial charge in [0, 0.05) is 13.1 Å². The van der Waals surface area contributed by atoms with Gasteiger partial charge in [0.1, 0.15) is 11.5 Å². The highest BCUT2D eigenvalue weighted by Crippen LogP contribution is 2.13. The molecule has 5 heteroatoms. The molecule has 0 heterocycles. The van der Waals surface area contributed by atoms with Crippen LogP contribution in [0, 0.1) is 0 Å². The lowest BCUT2D eigenvalue weighted by molar-refractivity contribution is 0.414. The van der Waals surface area contributed by atoms with E-state index in [-0.39, 0.29) is 5.75 Å². The highest BCUT2D eigenvalue weighted by atomic mass is 16.5. The van der Waals surface area contributed by atoms with Crippen LogP contribution in [0.3, 0.4) is 0 Å². The molecule has 0 saturated heterocycles. The van der Waals surface area contributed by atoms with E-state index in [2.05, 4.69) is 34.7 Å². The molecule has 0 saturated carbocycles. The number of hydrogen-bond acceptors (Lipinski definition) is 3. The normalized spacial score (nSPS) is 11.2. The average molecular weight is 355 g/mol. The van der Waals surface area contributed by atoms with E-state index in [0.717, 1.165) is 49.6 Å². The highest BCUT2D eigenvalue weighted by molar-refractivity contribution is 5.79. The zero-order valence-corrected chi connectivity index (χ0v) is 15.7. The fourth-order valence-corrected chi connectivity index (χ4v) is 2.62. The lowest BCUT2D eigenvalue weighted by Gasteiger charge is -2.11. The molecule has 140 valence electrons. The molecule has 3 N–H and O–H groups in total. The van der Waals surface area contributed by atoms with Crippen molar-refractivity contribution in [1.82, 2.24) is 10.6 Å². The first kappa shape index (κ1) is 19.6. The van der Waals surface area contributed by atoms with Gasteiger partial charge in [0.05, 0.1) is 13.7 Å². The van der Waals surface area contributed by atoms with Gasteiger partial charge < -0.3 is 20.5 Å². The fraction of sp³-hybridized carbons (Fsp3) is 0.381. The van der Waals surface area contributed by atoms with Crippen molar-refractivity contribution in [2.75, 3.05) is 20.2 Å². The Bertz CT molecular complexity index is 684. The van der Waals surface area contributed by atoms with E-state index in [1.807, 2.05) is 24.3 Å². The van der Waals surface area contributed by atoms with E-state index < -0.39 is 0 Å². The van der Waals surface area contributed by atoms with Crippen LogP contribution in [0.25, 0.3) is 0 Å². The van der Waals surface area contributed by atoms with Crippen molar-refractivity contribution in [3.8, 4) is 11.5 Å². The summed E-state index contributed by atoms with van der Waals surface area (Å²) < 4.78 is 5.18. The maximum Gasteiger partial charge on any atom is 0.191 e. The van der Waals surface area contributed by atoms with Gasteiger partial charge in [-0.05, 0) is 61.6 Å². The average Bonchev–Trinajstić information content (AvgIpc) is 2.66. The van der Waals surface area contributed by atoms with E-state index in [9.17, 15) is 5.11 Å². The number of ether oxygens (including phenoxy) is 1. The summed E-state index contributed by atoms with van der Waals surface area (Å²) in [6.45, 7) is 4.28. The van der Waals surface area contributed by atoms with Gasteiger partial charge >= 0.3 is 0 Å². The Morgan fingerprint density at radius 3 is 2.54 bits per heavy atom. The van der Waals surface area contributed by atoms with Crippen molar-refractivity contribution in [1.29, 1.82) is 0 Å². The minimum absolute atomic E-state index is 0.272. The number of phenols is 1. The predicted octanol–water partition coefficient (Wildman–Crippen LogP) is 3.48. The lowest BCUT2D eigenvalue weighted by atomic mass is 10.1. The number of hydrogen-bond donors (Lipinski definition) is 3. The van der Waals surface area contributed by atoms with Gasteiger partial charge in [-0.1, -0.05) is 24.3 Å². The molecule has 0 spiro atoms. The van der Waals surface area contributed by atoms with Crippen LogP contribution in [-0.4, -0.2) is 31.3 Å². The van der Waals surface area contributed by atoms with Crippen LogP contribution in [-0.2, 0) is 13.0 Å². The molecule has 2 rings (SSSR count). The second-order valence-electron chi connectivity index (χ2n) is 6.10. The summed E-state index contributed by atoms with van der Waals surface area (Å²) in [6.07, 6.45) is 3.25. The molecule has 5 nitrogen and oxygen atoms in total. The number of nitrogens with zero attached hydrogens (tertiary/aromatic N) is 1. The van der Waals surface area contributed by atoms with Gasteiger partial charge in [-0.3, -0.25) is 0 Å². The van der Waals surface area contributed by atoms with E-state index in [1.54, 1.807) is 19.2 Å². The Balaban J connectivity index is 1.72. The first-order valence-corrected chi connectivity index (χ1v) is 9.14. The highest BCUT2D eigenvalue weighted by Gasteiger charge is 1.99. The number of rotatable bonds is 9. The van der Waals surface area contributed by atoms with Gasteiger partial charge in [-0.2, -0.15) is 0 Å². The molecular formula is C21H29N3O2. The Labute approximate surface area is 156 Å². The van der Waals surface area contributed by atoms with Gasteiger partial charge in [0.15, 0.2) is 5.96 Å². The molecule has 0 aliphatic rings. The van der Waals surface area contributed by atoms with Crippen LogP contribution < -0.4 is 15.4 Å². The standard InChI is InChI=1S/C21H29N3O2/c1-3-22-21(24-16-18-8-6-9-19(25)15-18)23-14-5-4-7-17-10-12-20(26-2)13-11-17/h6,8-13,15,25H,3-5,7,14,16H2,1-2H3,(H2,22,23,24). The summed E-state index contributed by atoms with van der Waals surface area (Å²) in [5.41, 5.74) is 2.32. The number of unbranched alkanes of at least 4 members (excludes halogenated alkanes) is 1. The van der Waals surface area contributed by atoms with Gasteiger partial charge in [0.2, 0.25) is 0 Å². The zero-order valence-electron chi connectivity index (χ0n) is 15.7. The topological polar surface area (TPSA) is 65.9 Å². The van der Waals surface area contributed by atoms with E-state index in [4.69, 9.17) is 4.74 Å². The number of methoxy groups -OCH3 is 1. The third kappa shape index (κ3) is 7.05. The van der Waals surface area contributed by atoms with Crippen molar-refractivity contribution < 1.29 is 9.84 Å². The molecule has 2 aromatic carbocycles. The third-order valence-electron chi connectivity index (χ3n) is 4.02. The lowest BCUT2D eigenvalue weighted by Crippen LogP contribution is -2.37. The summed E-state index contributed by atoms with van der Waals surface area (Å²) in [6, 6.07) is 15.4. The van der Waals surface area contributed by atoms with Crippen molar-refractivity contribution in [2.45, 2.75) is 32.7 Å². The molecule has 0 atom stereocenters. The van der Waals surface area contributed by atoms with Crippen LogP contribution in [0.5, 0.6) is 11.5 Å². The Morgan fingerprint density at radius 1 is 1.04 bits per heavy atom. The minimum Gasteiger partial charge on any atom is -0.508 e. The van der Waals surface area contributed by atoms with Gasteiger partial charge in [-0.15, -0.1) is 0 Å². The molecule has 0 aliphatic heterocycles. The zero-order chi connectivity index (χ0) is 18.6. The van der Waals surface area contributed by atoms with E-state index in [0.29, 0.717) is 6.54 Å². The fourth-order valence-electron chi connectivity index (χ4n) is 2.62. The van der Waals surface area contributed by atoms with Crippen LogP contribution in [0.4, 0.5) is 0 Å². The smallest absolute Gasteiger partial charge is 0.191 e. The summed E-state index contributed by atoms with van der Waals surface area (Å²) in [5.74, 6) is 1.98. The van der Waals surface area contributed by atoms with Crippen molar-refractivity contribution in [3.05, 3.63) is 59.7 Å². The molecule has 0 aliphatic carbocycles. The second kappa shape index (κ2) is 11.0. The molecular weight excluding hydrogens is 326 g/mol. The SMILES string of the molecule is CCNC(=NCc1cccc(O)c1)NCCCCc1ccc(OC)cc1. The summed E-state index contributed by atoms with van der Waals surface area (Å²) >= 11 is 0. The number of aliphatic imine (C=N–C) groups is 1. The number of benzene rings is 2. The first-order valence-electron chi connectivity index (χ1n) is 9.14. The number of nitrogens with one attached hydrogen (secondary N) is 2. The van der Waals surface area contributed by atoms with E-state index >= 15 is 0 Å². The molecule has 26 heavy (non-hydrogen) atoms. The molecule has 0 radical (unpaired) electrons. The van der Waals surface area contributed by atoms with Crippen molar-refractivity contribution >= 4 is 5.96 Å². The largest absolute Gasteiger partial charge is 0.508 e. The monoisotopic (exact) mass is 355 g/mol. The van der Waals surface area contributed by atoms with E-state index in [1.165, 1.54) is 5.56 Å². The first-order chi connectivity index (χ1) is 12.7. The summed E-state index contributed by atoms with van der Waals surface area (Å²) in [5, 5.41) is 16.1. The Kier molecular flexibility index (Phi) is 8.33. The number of guanidine groups is 1. The molecule has 2 aromatic rings. The Hall–Kier alpha value is -2.69. The van der Waals surface area contributed by atoms with Crippen LogP contribution in [0.15, 0.2) is 53.5 Å². The third-order valence-corrected chi connectivity index (χ3v) is 4.02. The Morgan fingerprint density at radius 2 is 1.85 bits per heavy atom. The minimum atomic E-state index is 0.272. The number of phenolic OH excluding ortho intramolecular Hbond substituents is 1. The van der Waals surface area contributed by atoms with Crippen molar-refractivity contribution in [3.63, 3.8) is 0 Å². The molecule has 0 fully saturated rings. The molecule has 0 amide bonds. The molecule has 0 unspecified atom stereocenters. The van der Waals surface area contributed by atoms with Crippen molar-refractivity contribution in [2.24, 2.45) is 4.99 Å². The van der Waals surface area contributed by atoms with Crippen LogP contribution in [0.1, 0.15) is 30.9 Å². The summed E-state index contributed by atoms with van der Waals surface area (Å²) in [7, 11) is 1.69. The maximum absolute atomic E-state index is 9.52. The quantitative estimate of drug-likeness (QED) is 0.366. The van der Waals surface area contributed by atoms with Gasteiger partial charge in [0.25, 0.3) is 0 Å². The molecule has 0 aromatic heterocycles. The van der Waals surface area contributed by atoms with Gasteiger partial charge in [-0.25, -0.2) is 4.99 Å².